The van der Waals surface area contributed by atoms with Crippen LogP contribution in [-0.2, 0) is 11.3 Å². The smallest absolute Gasteiger partial charge is 0.255 e. The number of methoxy groups -OCH3 is 1. The summed E-state index contributed by atoms with van der Waals surface area (Å²) in [5.74, 6) is -5.06. The zero-order valence-corrected chi connectivity index (χ0v) is 19.6. The number of hydrogen-bond acceptors (Lipinski definition) is 6. The number of fused-ring (bicyclic) bond motifs is 1. The first-order valence-corrected chi connectivity index (χ1v) is 11.1. The van der Waals surface area contributed by atoms with Crippen LogP contribution in [0.25, 0.3) is 16.6 Å². The van der Waals surface area contributed by atoms with E-state index in [1.54, 1.807) is 12.1 Å². The summed E-state index contributed by atoms with van der Waals surface area (Å²) in [6.45, 7) is 0.0310. The van der Waals surface area contributed by atoms with Gasteiger partial charge < -0.3 is 27.3 Å². The Morgan fingerprint density at radius 3 is 2.57 bits per heavy atom. The normalized spacial score (nSPS) is 16.2. The SMILES string of the molecule is COc1ccc(F)cc1C(=O)NCc1ccc(/C(N)=C(\C(N)=O)C(N)=NC2CC(F)(F)C2)c2cn[nH]c12. The first-order chi connectivity index (χ1) is 17.5. The molecule has 8 N–H and O–H groups in total. The van der Waals surface area contributed by atoms with Crippen molar-refractivity contribution in [3.05, 3.63) is 64.6 Å². The second kappa shape index (κ2) is 9.84. The third kappa shape index (κ3) is 5.20. The Morgan fingerprint density at radius 1 is 1.19 bits per heavy atom. The van der Waals surface area contributed by atoms with Gasteiger partial charge in [0.15, 0.2) is 0 Å². The highest BCUT2D eigenvalue weighted by Gasteiger charge is 2.45. The van der Waals surface area contributed by atoms with Gasteiger partial charge >= 0.3 is 0 Å². The maximum atomic E-state index is 13.7. The van der Waals surface area contributed by atoms with Gasteiger partial charge in [0.25, 0.3) is 17.7 Å². The molecular formula is C24H24F3N7O3. The Morgan fingerprint density at radius 2 is 1.92 bits per heavy atom. The highest BCUT2D eigenvalue weighted by molar-refractivity contribution is 6.25. The van der Waals surface area contributed by atoms with E-state index in [9.17, 15) is 22.8 Å². The predicted molar refractivity (Wildman–Crippen MR) is 130 cm³/mol. The Labute approximate surface area is 208 Å². The molecule has 37 heavy (non-hydrogen) atoms. The molecule has 1 aliphatic carbocycles. The van der Waals surface area contributed by atoms with Crippen LogP contribution in [0, 0.1) is 5.82 Å². The number of primary amides is 1. The fourth-order valence-electron chi connectivity index (χ4n) is 4.12. The number of benzene rings is 2. The number of aromatic amines is 1. The second-order valence-corrected chi connectivity index (χ2v) is 8.54. The van der Waals surface area contributed by atoms with Gasteiger partial charge in [-0.2, -0.15) is 5.10 Å². The fraction of sp³-hybridized carbons (Fsp3) is 0.250. The van der Waals surface area contributed by atoms with Crippen LogP contribution >= 0.6 is 0 Å². The standard InChI is InChI=1S/C24H24F3N7O3/c1-37-17-5-3-12(25)6-15(17)23(36)31-9-11-2-4-14(16-10-32-34-20(11)16)19(28)18(22(30)35)21(29)33-13-7-24(26,27)8-13/h2-6,10,13H,7-9,28H2,1H3,(H2,29,33)(H2,30,35)(H,31,36)(H,32,34)/b19-18+. The van der Waals surface area contributed by atoms with E-state index in [-0.39, 0.29) is 35.0 Å². The third-order valence-corrected chi connectivity index (χ3v) is 6.00. The molecule has 0 atom stereocenters. The number of H-pyrrole nitrogens is 1. The fourth-order valence-corrected chi connectivity index (χ4v) is 4.12. The number of alkyl halides is 2. The van der Waals surface area contributed by atoms with Gasteiger partial charge in [-0.15, -0.1) is 0 Å². The predicted octanol–water partition coefficient (Wildman–Crippen LogP) is 1.95. The topological polar surface area (TPSA) is 174 Å². The molecule has 0 unspecified atom stereocenters. The lowest BCUT2D eigenvalue weighted by Crippen LogP contribution is -2.40. The number of amidine groups is 1. The summed E-state index contributed by atoms with van der Waals surface area (Å²) in [6.07, 6.45) is 0.498. The van der Waals surface area contributed by atoms with Crippen LogP contribution in [0.2, 0.25) is 0 Å². The van der Waals surface area contributed by atoms with Gasteiger partial charge in [-0.05, 0) is 23.8 Å². The number of carbonyl (C=O) groups is 2. The first-order valence-electron chi connectivity index (χ1n) is 11.1. The summed E-state index contributed by atoms with van der Waals surface area (Å²) in [7, 11) is 1.37. The van der Waals surface area contributed by atoms with Crippen LogP contribution in [0.5, 0.6) is 5.75 Å². The van der Waals surface area contributed by atoms with E-state index in [2.05, 4.69) is 20.5 Å². The number of ether oxygens (including phenoxy) is 1. The summed E-state index contributed by atoms with van der Waals surface area (Å²) in [4.78, 5) is 28.8. The van der Waals surface area contributed by atoms with Crippen LogP contribution < -0.4 is 27.3 Å². The van der Waals surface area contributed by atoms with Crippen LogP contribution in [0.4, 0.5) is 13.2 Å². The van der Waals surface area contributed by atoms with Gasteiger partial charge in [0.05, 0.1) is 36.1 Å². The minimum Gasteiger partial charge on any atom is -0.496 e. The summed E-state index contributed by atoms with van der Waals surface area (Å²) in [5.41, 5.74) is 18.7. The molecule has 3 aromatic rings. The number of aliphatic imine (C=N–C) groups is 1. The molecule has 13 heteroatoms. The lowest BCUT2D eigenvalue weighted by atomic mass is 9.88. The monoisotopic (exact) mass is 515 g/mol. The van der Waals surface area contributed by atoms with Crippen molar-refractivity contribution in [2.45, 2.75) is 31.4 Å². The van der Waals surface area contributed by atoms with E-state index in [1.807, 2.05) is 0 Å². The second-order valence-electron chi connectivity index (χ2n) is 8.54. The van der Waals surface area contributed by atoms with E-state index >= 15 is 0 Å². The van der Waals surface area contributed by atoms with Crippen molar-refractivity contribution in [1.29, 1.82) is 0 Å². The number of halogens is 3. The van der Waals surface area contributed by atoms with Gasteiger partial charge in [0.2, 0.25) is 0 Å². The molecule has 0 bridgehead atoms. The van der Waals surface area contributed by atoms with Crippen molar-refractivity contribution in [1.82, 2.24) is 15.5 Å². The van der Waals surface area contributed by atoms with Gasteiger partial charge in [-0.3, -0.25) is 19.7 Å². The van der Waals surface area contributed by atoms with Crippen molar-refractivity contribution in [3.8, 4) is 5.75 Å². The zero-order valence-electron chi connectivity index (χ0n) is 19.6. The number of amides is 2. The minimum absolute atomic E-state index is 0.0252. The number of carbonyl (C=O) groups excluding carboxylic acids is 2. The van der Waals surface area contributed by atoms with Gasteiger partial charge in [0.1, 0.15) is 23.0 Å². The number of hydrogen-bond donors (Lipinski definition) is 5. The molecule has 0 radical (unpaired) electrons. The van der Waals surface area contributed by atoms with E-state index in [4.69, 9.17) is 21.9 Å². The summed E-state index contributed by atoms with van der Waals surface area (Å²) in [6, 6.07) is 6.06. The number of aromatic nitrogens is 2. The van der Waals surface area contributed by atoms with Crippen molar-refractivity contribution in [3.63, 3.8) is 0 Å². The Kier molecular flexibility index (Phi) is 6.79. The van der Waals surface area contributed by atoms with Crippen LogP contribution in [-0.4, -0.2) is 46.9 Å². The van der Waals surface area contributed by atoms with Crippen molar-refractivity contribution in [2.75, 3.05) is 7.11 Å². The lowest BCUT2D eigenvalue weighted by molar-refractivity contribution is -0.114. The molecule has 1 heterocycles. The molecule has 1 aliphatic rings. The maximum Gasteiger partial charge on any atom is 0.255 e. The van der Waals surface area contributed by atoms with Crippen LogP contribution in [0.15, 0.2) is 47.1 Å². The summed E-state index contributed by atoms with van der Waals surface area (Å²) >= 11 is 0. The summed E-state index contributed by atoms with van der Waals surface area (Å²) < 4.78 is 45.1. The number of nitrogens with one attached hydrogen (secondary N) is 2. The molecule has 0 aliphatic heterocycles. The average Bonchev–Trinajstić information content (AvgIpc) is 3.31. The highest BCUT2D eigenvalue weighted by Crippen LogP contribution is 2.39. The highest BCUT2D eigenvalue weighted by atomic mass is 19.3. The minimum atomic E-state index is -2.81. The molecular weight excluding hydrogens is 491 g/mol. The molecule has 2 amide bonds. The maximum absolute atomic E-state index is 13.7. The molecule has 1 fully saturated rings. The van der Waals surface area contributed by atoms with Gasteiger partial charge in [0, 0.05) is 30.3 Å². The molecule has 0 spiro atoms. The van der Waals surface area contributed by atoms with Gasteiger partial charge in [-0.1, -0.05) is 12.1 Å². The first kappa shape index (κ1) is 25.5. The van der Waals surface area contributed by atoms with Crippen molar-refractivity contribution < 1.29 is 27.5 Å². The quantitative estimate of drug-likeness (QED) is 0.174. The summed E-state index contributed by atoms with van der Waals surface area (Å²) in [5, 5.41) is 10.0. The zero-order chi connectivity index (χ0) is 26.9. The molecule has 10 nitrogen and oxygen atoms in total. The largest absolute Gasteiger partial charge is 0.496 e. The Hall–Kier alpha value is -4.55. The van der Waals surface area contributed by atoms with Crippen LogP contribution in [0.3, 0.4) is 0 Å². The average molecular weight is 515 g/mol. The van der Waals surface area contributed by atoms with E-state index < -0.39 is 42.4 Å². The number of rotatable bonds is 8. The number of nitrogens with zero attached hydrogens (tertiary/aromatic N) is 2. The Bertz CT molecular complexity index is 1440. The third-order valence-electron chi connectivity index (χ3n) is 6.00. The molecule has 4 rings (SSSR count). The van der Waals surface area contributed by atoms with E-state index in [0.29, 0.717) is 22.0 Å². The van der Waals surface area contributed by atoms with Gasteiger partial charge in [-0.25, -0.2) is 13.2 Å². The van der Waals surface area contributed by atoms with Crippen molar-refractivity contribution in [2.24, 2.45) is 22.2 Å². The van der Waals surface area contributed by atoms with E-state index in [0.717, 1.165) is 6.07 Å². The van der Waals surface area contributed by atoms with Crippen molar-refractivity contribution >= 4 is 34.2 Å². The molecule has 1 aromatic heterocycles. The molecule has 194 valence electrons. The molecule has 1 saturated carbocycles. The van der Waals surface area contributed by atoms with E-state index in [1.165, 1.54) is 25.4 Å². The lowest BCUT2D eigenvalue weighted by Gasteiger charge is -2.32. The van der Waals surface area contributed by atoms with Crippen LogP contribution in [0.1, 0.15) is 34.3 Å². The Balaban J connectivity index is 1.62. The molecule has 0 saturated heterocycles. The molecule has 2 aromatic carbocycles. The number of nitrogens with two attached hydrogens (primary N) is 3.